The van der Waals surface area contributed by atoms with E-state index in [4.69, 9.17) is 19.3 Å². The van der Waals surface area contributed by atoms with Crippen molar-refractivity contribution in [2.75, 3.05) is 13.2 Å². The second-order valence-electron chi connectivity index (χ2n) is 6.21. The third-order valence-corrected chi connectivity index (χ3v) is 2.55. The summed E-state index contributed by atoms with van der Waals surface area (Å²) in [7, 11) is 0. The van der Waals surface area contributed by atoms with Crippen LogP contribution in [0.2, 0.25) is 0 Å². The number of carboxylic acid groups (broad SMARTS) is 1. The van der Waals surface area contributed by atoms with Gasteiger partial charge in [-0.2, -0.15) is 0 Å². The number of esters is 2. The Morgan fingerprint density at radius 2 is 1.68 bits per heavy atom. The third-order valence-electron chi connectivity index (χ3n) is 2.55. The van der Waals surface area contributed by atoms with Crippen LogP contribution in [-0.2, 0) is 28.6 Å². The van der Waals surface area contributed by atoms with E-state index in [-0.39, 0.29) is 31.6 Å². The number of amides is 1. The van der Waals surface area contributed by atoms with Crippen LogP contribution in [0, 0.1) is 0 Å². The Labute approximate surface area is 146 Å². The molecule has 0 aromatic heterocycles. The second kappa shape index (κ2) is 10.3. The molecule has 0 saturated heterocycles. The topological polar surface area (TPSA) is 128 Å². The van der Waals surface area contributed by atoms with Crippen molar-refractivity contribution in [2.24, 2.45) is 0 Å². The molecule has 1 atom stereocenters. The van der Waals surface area contributed by atoms with Gasteiger partial charge < -0.3 is 24.6 Å². The Morgan fingerprint density at radius 3 is 2.16 bits per heavy atom. The number of rotatable bonds is 9. The van der Waals surface area contributed by atoms with Gasteiger partial charge in [0.25, 0.3) is 0 Å². The number of hydrogen-bond donors (Lipinski definition) is 2. The molecule has 0 aliphatic rings. The summed E-state index contributed by atoms with van der Waals surface area (Å²) in [5.74, 6) is -2.57. The van der Waals surface area contributed by atoms with Crippen molar-refractivity contribution < 1.29 is 38.5 Å². The van der Waals surface area contributed by atoms with Crippen LogP contribution in [0.5, 0.6) is 0 Å². The van der Waals surface area contributed by atoms with Crippen LogP contribution in [-0.4, -0.2) is 54.0 Å². The highest BCUT2D eigenvalue weighted by Gasteiger charge is 2.24. The van der Waals surface area contributed by atoms with E-state index in [1.54, 1.807) is 20.8 Å². The van der Waals surface area contributed by atoms with Crippen LogP contribution < -0.4 is 5.32 Å². The lowest BCUT2D eigenvalue weighted by Crippen LogP contribution is -2.43. The molecule has 0 aliphatic heterocycles. The predicted octanol–water partition coefficient (Wildman–Crippen LogP) is 1.41. The van der Waals surface area contributed by atoms with E-state index in [9.17, 15) is 19.2 Å². The molecule has 0 aromatic rings. The van der Waals surface area contributed by atoms with Gasteiger partial charge in [0, 0.05) is 12.0 Å². The highest BCUT2D eigenvalue weighted by Crippen LogP contribution is 2.08. The van der Waals surface area contributed by atoms with E-state index in [2.05, 4.69) is 11.9 Å². The molecule has 0 aliphatic carbocycles. The first-order valence-corrected chi connectivity index (χ1v) is 7.63. The summed E-state index contributed by atoms with van der Waals surface area (Å²) in [5.41, 5.74) is -0.545. The monoisotopic (exact) mass is 359 g/mol. The molecule has 0 fully saturated rings. The van der Waals surface area contributed by atoms with Gasteiger partial charge in [0.15, 0.2) is 0 Å². The Bertz CT molecular complexity index is 521. The maximum atomic E-state index is 11.6. The van der Waals surface area contributed by atoms with Crippen LogP contribution >= 0.6 is 0 Å². The summed E-state index contributed by atoms with van der Waals surface area (Å²) >= 11 is 0. The van der Waals surface area contributed by atoms with Crippen molar-refractivity contribution >= 4 is 24.0 Å². The number of ether oxygens (including phenoxy) is 3. The summed E-state index contributed by atoms with van der Waals surface area (Å²) in [6.07, 6.45) is -1.29. The number of alkyl carbamates (subject to hydrolysis) is 1. The average Bonchev–Trinajstić information content (AvgIpc) is 2.45. The molecular formula is C16H25NO8. The van der Waals surface area contributed by atoms with E-state index >= 15 is 0 Å². The minimum Gasteiger partial charge on any atom is -0.480 e. The van der Waals surface area contributed by atoms with Crippen molar-refractivity contribution in [1.82, 2.24) is 5.32 Å². The summed E-state index contributed by atoms with van der Waals surface area (Å²) in [4.78, 5) is 45.3. The molecule has 0 aromatic carbocycles. The van der Waals surface area contributed by atoms with Crippen LogP contribution in [0.1, 0.15) is 40.5 Å². The maximum absolute atomic E-state index is 11.6. The number of hydrogen-bond acceptors (Lipinski definition) is 7. The van der Waals surface area contributed by atoms with Gasteiger partial charge in [-0.1, -0.05) is 6.58 Å². The highest BCUT2D eigenvalue weighted by atomic mass is 16.6. The molecule has 0 heterocycles. The molecule has 25 heavy (non-hydrogen) atoms. The fourth-order valence-electron chi connectivity index (χ4n) is 1.45. The van der Waals surface area contributed by atoms with E-state index in [1.165, 1.54) is 6.92 Å². The molecule has 142 valence electrons. The van der Waals surface area contributed by atoms with Crippen LogP contribution in [0.25, 0.3) is 0 Å². The number of carbonyl (C=O) groups is 4. The van der Waals surface area contributed by atoms with Gasteiger partial charge in [-0.05, 0) is 34.1 Å². The summed E-state index contributed by atoms with van der Waals surface area (Å²) in [6, 6.07) is -1.29. The molecule has 0 saturated carbocycles. The smallest absolute Gasteiger partial charge is 0.408 e. The van der Waals surface area contributed by atoms with Crippen LogP contribution in [0.3, 0.4) is 0 Å². The Hall–Kier alpha value is -2.58. The van der Waals surface area contributed by atoms with E-state index in [1.807, 2.05) is 0 Å². The third kappa shape index (κ3) is 11.6. The number of aliphatic carboxylic acids is 1. The Morgan fingerprint density at radius 1 is 1.12 bits per heavy atom. The summed E-state index contributed by atoms with van der Waals surface area (Å²) < 4.78 is 14.5. The van der Waals surface area contributed by atoms with Gasteiger partial charge in [0.05, 0.1) is 0 Å². The first kappa shape index (κ1) is 22.4. The molecule has 0 rings (SSSR count). The SMILES string of the molecule is C=C(C)C(=O)OCCOC(=O)CC[C@H](NC(=O)OC(C)(C)C)C(=O)O. The zero-order valence-corrected chi connectivity index (χ0v) is 14.9. The fourth-order valence-corrected chi connectivity index (χ4v) is 1.45. The zero-order chi connectivity index (χ0) is 19.6. The maximum Gasteiger partial charge on any atom is 0.408 e. The van der Waals surface area contributed by atoms with Crippen molar-refractivity contribution in [3.63, 3.8) is 0 Å². The number of carboxylic acids is 1. The van der Waals surface area contributed by atoms with E-state index in [0.29, 0.717) is 0 Å². The molecule has 9 heteroatoms. The van der Waals surface area contributed by atoms with Gasteiger partial charge in [0.1, 0.15) is 24.9 Å². The normalized spacial score (nSPS) is 11.8. The lowest BCUT2D eigenvalue weighted by atomic mass is 10.1. The fraction of sp³-hybridized carbons (Fsp3) is 0.625. The lowest BCUT2D eigenvalue weighted by molar-refractivity contribution is -0.150. The van der Waals surface area contributed by atoms with Crippen molar-refractivity contribution in [2.45, 2.75) is 52.2 Å². The number of nitrogens with one attached hydrogen (secondary N) is 1. The Balaban J connectivity index is 4.19. The van der Waals surface area contributed by atoms with Gasteiger partial charge in [-0.3, -0.25) is 4.79 Å². The van der Waals surface area contributed by atoms with Gasteiger partial charge in [0.2, 0.25) is 0 Å². The predicted molar refractivity (Wildman–Crippen MR) is 86.8 cm³/mol. The first-order valence-electron chi connectivity index (χ1n) is 7.63. The average molecular weight is 359 g/mol. The lowest BCUT2D eigenvalue weighted by Gasteiger charge is -2.21. The molecule has 1 amide bonds. The molecule has 2 N–H and O–H groups in total. The highest BCUT2D eigenvalue weighted by molar-refractivity contribution is 5.86. The largest absolute Gasteiger partial charge is 0.480 e. The minimum atomic E-state index is -1.30. The molecular weight excluding hydrogens is 334 g/mol. The van der Waals surface area contributed by atoms with Crippen molar-refractivity contribution in [3.8, 4) is 0 Å². The van der Waals surface area contributed by atoms with Crippen molar-refractivity contribution in [3.05, 3.63) is 12.2 Å². The van der Waals surface area contributed by atoms with Gasteiger partial charge in [-0.25, -0.2) is 14.4 Å². The van der Waals surface area contributed by atoms with Crippen LogP contribution in [0.15, 0.2) is 12.2 Å². The van der Waals surface area contributed by atoms with E-state index < -0.39 is 35.6 Å². The molecule has 0 spiro atoms. The first-order chi connectivity index (χ1) is 11.4. The van der Waals surface area contributed by atoms with Crippen LogP contribution in [0.4, 0.5) is 4.79 Å². The van der Waals surface area contributed by atoms with Crippen molar-refractivity contribution in [1.29, 1.82) is 0 Å². The summed E-state index contributed by atoms with van der Waals surface area (Å²) in [6.45, 7) is 9.51. The van der Waals surface area contributed by atoms with Gasteiger partial charge >= 0.3 is 24.0 Å². The standard InChI is InChI=1S/C16H25NO8/c1-10(2)14(21)24-9-8-23-12(18)7-6-11(13(19)20)17-15(22)25-16(3,4)5/h11H,1,6-9H2,2-5H3,(H,17,22)(H,19,20)/t11-/m0/s1. The second-order valence-corrected chi connectivity index (χ2v) is 6.21. The molecule has 9 nitrogen and oxygen atoms in total. The Kier molecular flexibility index (Phi) is 9.25. The van der Waals surface area contributed by atoms with E-state index in [0.717, 1.165) is 0 Å². The molecule has 0 bridgehead atoms. The number of carbonyl (C=O) groups excluding carboxylic acids is 3. The van der Waals surface area contributed by atoms with Gasteiger partial charge in [-0.15, -0.1) is 0 Å². The molecule has 0 unspecified atom stereocenters. The minimum absolute atomic E-state index is 0.129. The molecule has 0 radical (unpaired) electrons. The summed E-state index contributed by atoms with van der Waals surface area (Å²) in [5, 5.41) is 11.2. The zero-order valence-electron chi connectivity index (χ0n) is 14.9. The quantitative estimate of drug-likeness (QED) is 0.274.